The third-order valence-corrected chi connectivity index (χ3v) is 7.44. The van der Waals surface area contributed by atoms with Crippen LogP contribution in [0.4, 0.5) is 5.69 Å². The van der Waals surface area contributed by atoms with Gasteiger partial charge in [-0.3, -0.25) is 24.0 Å². The summed E-state index contributed by atoms with van der Waals surface area (Å²) < 4.78 is 11.1. The number of ether oxygens (including phenoxy) is 2. The molecular weight excluding hydrogens is 564 g/mol. The predicted molar refractivity (Wildman–Crippen MR) is 155 cm³/mol. The number of benzene rings is 2. The molecule has 0 radical (unpaired) electrons. The number of nitrogens with zero attached hydrogens (tertiary/aromatic N) is 1. The summed E-state index contributed by atoms with van der Waals surface area (Å²) in [4.78, 5) is 64.0. The highest BCUT2D eigenvalue weighted by Crippen LogP contribution is 2.24. The fourth-order valence-corrected chi connectivity index (χ4v) is 5.27. The molecule has 0 saturated carbocycles. The van der Waals surface area contributed by atoms with Crippen molar-refractivity contribution in [1.29, 1.82) is 0 Å². The van der Waals surface area contributed by atoms with Crippen molar-refractivity contribution in [2.75, 3.05) is 18.5 Å². The number of rotatable bonds is 11. The number of cyclic esters (lactones) is 1. The summed E-state index contributed by atoms with van der Waals surface area (Å²) in [5.74, 6) is -2.10. The fraction of sp³-hybridized carbons (Fsp3) is 0.433. The van der Waals surface area contributed by atoms with Crippen molar-refractivity contribution in [3.63, 3.8) is 0 Å². The van der Waals surface area contributed by atoms with Gasteiger partial charge in [0, 0.05) is 19.0 Å². The molecule has 4 amide bonds. The van der Waals surface area contributed by atoms with Gasteiger partial charge >= 0.3 is 5.97 Å². The van der Waals surface area contributed by atoms with Gasteiger partial charge in [0.2, 0.25) is 24.0 Å². The topological polar surface area (TPSA) is 143 Å². The Kier molecular flexibility index (Phi) is 10.5. The second-order valence-electron chi connectivity index (χ2n) is 10.4. The molecule has 224 valence electrons. The molecule has 4 atom stereocenters. The molecule has 12 heteroatoms. The summed E-state index contributed by atoms with van der Waals surface area (Å²) in [7, 11) is 0. The van der Waals surface area contributed by atoms with Gasteiger partial charge in [0.05, 0.1) is 23.7 Å². The fourth-order valence-electron chi connectivity index (χ4n) is 5.05. The van der Waals surface area contributed by atoms with Gasteiger partial charge in [0.25, 0.3) is 5.91 Å². The first-order chi connectivity index (χ1) is 20.1. The van der Waals surface area contributed by atoms with Crippen LogP contribution < -0.4 is 16.0 Å². The van der Waals surface area contributed by atoms with Crippen LogP contribution >= 0.6 is 11.6 Å². The van der Waals surface area contributed by atoms with E-state index in [9.17, 15) is 24.0 Å². The second-order valence-corrected chi connectivity index (χ2v) is 10.8. The summed E-state index contributed by atoms with van der Waals surface area (Å²) in [5, 5.41) is 8.24. The number of hydrogen-bond donors (Lipinski definition) is 3. The van der Waals surface area contributed by atoms with Gasteiger partial charge in [0.15, 0.2) is 0 Å². The van der Waals surface area contributed by atoms with Crippen LogP contribution in [0.1, 0.15) is 55.5 Å². The Morgan fingerprint density at radius 2 is 1.90 bits per heavy atom. The summed E-state index contributed by atoms with van der Waals surface area (Å²) in [6, 6.07) is 12.0. The molecule has 0 bridgehead atoms. The van der Waals surface area contributed by atoms with Crippen LogP contribution in [-0.4, -0.2) is 72.1 Å². The number of aryl methyl sites for hydroxylation is 1. The Morgan fingerprint density at radius 1 is 1.14 bits per heavy atom. The second kappa shape index (κ2) is 14.3. The summed E-state index contributed by atoms with van der Waals surface area (Å²) in [6.45, 7) is 3.60. The standard InChI is InChI=1S/C30H35ClN4O7/c1-18(32-27(38)21-12-13-23(22(31)16-21)33-19(2)36)29(40)35-14-6-11-25(35)28(39)34-24-17-26(37)42-30(24)41-15-7-10-20-8-4-3-5-9-20/h3-5,8-9,12-13,16,18,24-25,30H,6-7,10-11,14-15,17H2,1-2H3,(H,32,38)(H,33,36)(H,34,39). The molecule has 2 aliphatic rings. The molecular formula is C30H35ClN4O7. The lowest BCUT2D eigenvalue weighted by Crippen LogP contribution is -2.54. The zero-order valence-corrected chi connectivity index (χ0v) is 24.3. The van der Waals surface area contributed by atoms with E-state index >= 15 is 0 Å². The molecule has 11 nitrogen and oxygen atoms in total. The third-order valence-electron chi connectivity index (χ3n) is 7.12. The van der Waals surface area contributed by atoms with E-state index in [2.05, 4.69) is 16.0 Å². The monoisotopic (exact) mass is 598 g/mol. The molecule has 0 aliphatic carbocycles. The van der Waals surface area contributed by atoms with Crippen molar-refractivity contribution >= 4 is 46.9 Å². The first-order valence-corrected chi connectivity index (χ1v) is 14.3. The number of anilines is 1. The largest absolute Gasteiger partial charge is 0.433 e. The smallest absolute Gasteiger partial charge is 0.310 e. The van der Waals surface area contributed by atoms with Crippen LogP contribution in [0.5, 0.6) is 0 Å². The number of carbonyl (C=O) groups excluding carboxylic acids is 5. The Balaban J connectivity index is 1.29. The Hall–Kier alpha value is -3.96. The maximum atomic E-state index is 13.3. The maximum Gasteiger partial charge on any atom is 0.310 e. The molecule has 2 saturated heterocycles. The van der Waals surface area contributed by atoms with Crippen molar-refractivity contribution in [2.24, 2.45) is 0 Å². The van der Waals surface area contributed by atoms with Gasteiger partial charge in [-0.15, -0.1) is 0 Å². The zero-order valence-electron chi connectivity index (χ0n) is 23.6. The number of likely N-dealkylation sites (tertiary alicyclic amines) is 1. The van der Waals surface area contributed by atoms with E-state index in [1.54, 1.807) is 6.92 Å². The van der Waals surface area contributed by atoms with Gasteiger partial charge in [0.1, 0.15) is 18.1 Å². The first-order valence-electron chi connectivity index (χ1n) is 14.0. The summed E-state index contributed by atoms with van der Waals surface area (Å²) >= 11 is 6.17. The van der Waals surface area contributed by atoms with Gasteiger partial charge in [-0.05, 0) is 56.4 Å². The lowest BCUT2D eigenvalue weighted by Gasteiger charge is -2.28. The van der Waals surface area contributed by atoms with Crippen molar-refractivity contribution < 1.29 is 33.4 Å². The van der Waals surface area contributed by atoms with Crippen molar-refractivity contribution in [2.45, 2.75) is 70.4 Å². The Morgan fingerprint density at radius 3 is 2.62 bits per heavy atom. The number of hydrogen-bond acceptors (Lipinski definition) is 7. The minimum Gasteiger partial charge on any atom is -0.433 e. The van der Waals surface area contributed by atoms with Crippen LogP contribution in [0.3, 0.4) is 0 Å². The number of halogens is 1. The Labute approximate surface area is 249 Å². The van der Waals surface area contributed by atoms with Crippen molar-refractivity contribution in [3.05, 3.63) is 64.7 Å². The molecule has 42 heavy (non-hydrogen) atoms. The molecule has 2 heterocycles. The molecule has 2 aliphatic heterocycles. The van der Waals surface area contributed by atoms with E-state index < -0.39 is 48.1 Å². The van der Waals surface area contributed by atoms with Crippen LogP contribution in [0, 0.1) is 0 Å². The van der Waals surface area contributed by atoms with E-state index in [0.717, 1.165) is 12.8 Å². The quantitative estimate of drug-likeness (QED) is 0.267. The number of nitrogens with one attached hydrogen (secondary N) is 3. The normalized spacial score (nSPS) is 20.5. The van der Waals surface area contributed by atoms with Crippen LogP contribution in [0.2, 0.25) is 5.02 Å². The van der Waals surface area contributed by atoms with E-state index in [1.165, 1.54) is 35.6 Å². The molecule has 4 unspecified atom stereocenters. The van der Waals surface area contributed by atoms with Gasteiger partial charge in [-0.2, -0.15) is 0 Å². The highest BCUT2D eigenvalue weighted by atomic mass is 35.5. The predicted octanol–water partition coefficient (Wildman–Crippen LogP) is 2.81. The molecule has 4 rings (SSSR count). The highest BCUT2D eigenvalue weighted by Gasteiger charge is 2.41. The van der Waals surface area contributed by atoms with Crippen LogP contribution in [-0.2, 0) is 35.1 Å². The molecule has 0 aromatic heterocycles. The molecule has 2 aromatic carbocycles. The third kappa shape index (κ3) is 8.07. The summed E-state index contributed by atoms with van der Waals surface area (Å²) in [5.41, 5.74) is 1.75. The minimum atomic E-state index is -0.920. The lowest BCUT2D eigenvalue weighted by atomic mass is 10.1. The van der Waals surface area contributed by atoms with E-state index in [0.29, 0.717) is 31.7 Å². The molecule has 2 aromatic rings. The first kappa shape index (κ1) is 31.0. The van der Waals surface area contributed by atoms with E-state index in [-0.39, 0.29) is 22.9 Å². The summed E-state index contributed by atoms with van der Waals surface area (Å²) in [6.07, 6.45) is 1.67. The number of amides is 4. The Bertz CT molecular complexity index is 1320. The van der Waals surface area contributed by atoms with Crippen molar-refractivity contribution in [3.8, 4) is 0 Å². The van der Waals surface area contributed by atoms with Crippen LogP contribution in [0.25, 0.3) is 0 Å². The average Bonchev–Trinajstić information content (AvgIpc) is 3.58. The highest BCUT2D eigenvalue weighted by molar-refractivity contribution is 6.34. The SMILES string of the molecule is CC(=O)Nc1ccc(C(=O)NC(C)C(=O)N2CCCC2C(=O)NC2CC(=O)OC2OCCCc2ccccc2)cc1Cl. The van der Waals surface area contributed by atoms with Crippen molar-refractivity contribution in [1.82, 2.24) is 15.5 Å². The zero-order chi connectivity index (χ0) is 30.2. The van der Waals surface area contributed by atoms with Crippen LogP contribution in [0.15, 0.2) is 48.5 Å². The average molecular weight is 599 g/mol. The lowest BCUT2D eigenvalue weighted by molar-refractivity contribution is -0.165. The maximum absolute atomic E-state index is 13.3. The number of carbonyl (C=O) groups is 5. The van der Waals surface area contributed by atoms with Gasteiger partial charge in [-0.25, -0.2) is 0 Å². The molecule has 3 N–H and O–H groups in total. The van der Waals surface area contributed by atoms with Gasteiger partial charge < -0.3 is 30.3 Å². The molecule has 0 spiro atoms. The van der Waals surface area contributed by atoms with E-state index in [1.807, 2.05) is 30.3 Å². The minimum absolute atomic E-state index is 0.0223. The molecule has 2 fully saturated rings. The number of esters is 1. The van der Waals surface area contributed by atoms with Gasteiger partial charge in [-0.1, -0.05) is 41.9 Å². The van der Waals surface area contributed by atoms with E-state index in [4.69, 9.17) is 21.1 Å².